The van der Waals surface area contributed by atoms with Crippen LogP contribution in [0.5, 0.6) is 0 Å². The van der Waals surface area contributed by atoms with Crippen LogP contribution in [0.15, 0.2) is 30.5 Å². The molecule has 1 heterocycles. The summed E-state index contributed by atoms with van der Waals surface area (Å²) in [6.07, 6.45) is 4.67. The van der Waals surface area contributed by atoms with Crippen LogP contribution in [0.4, 0.5) is 5.82 Å². The quantitative estimate of drug-likeness (QED) is 0.902. The highest BCUT2D eigenvalue weighted by molar-refractivity contribution is 5.94. The first kappa shape index (κ1) is 13.4. The highest BCUT2D eigenvalue weighted by Gasteiger charge is 2.20. The van der Waals surface area contributed by atoms with Gasteiger partial charge in [0.2, 0.25) is 0 Å². The Hall–Kier alpha value is -1.61. The van der Waals surface area contributed by atoms with Crippen LogP contribution in [-0.4, -0.2) is 24.1 Å². The van der Waals surface area contributed by atoms with E-state index in [0.717, 1.165) is 18.4 Å². The Labute approximate surface area is 121 Å². The molecule has 1 aliphatic rings. The predicted octanol–water partition coefficient (Wildman–Crippen LogP) is 3.33. The Morgan fingerprint density at radius 3 is 2.60 bits per heavy atom. The molecule has 0 amide bonds. The van der Waals surface area contributed by atoms with E-state index in [1.165, 1.54) is 29.2 Å². The van der Waals surface area contributed by atoms with Gasteiger partial charge >= 0.3 is 0 Å². The van der Waals surface area contributed by atoms with Crippen LogP contribution in [0.1, 0.15) is 32.3 Å². The summed E-state index contributed by atoms with van der Waals surface area (Å²) in [6, 6.07) is 9.77. The fraction of sp³-hybridized carbons (Fsp3) is 0.471. The van der Waals surface area contributed by atoms with E-state index >= 15 is 0 Å². The molecule has 1 fully saturated rings. The van der Waals surface area contributed by atoms with E-state index < -0.39 is 0 Å². The molecule has 1 aromatic heterocycles. The molecule has 1 saturated carbocycles. The van der Waals surface area contributed by atoms with Crippen LogP contribution in [0.25, 0.3) is 10.8 Å². The number of hydrogen-bond acceptors (Lipinski definition) is 3. The summed E-state index contributed by atoms with van der Waals surface area (Å²) in [5.41, 5.74) is 1.30. The maximum Gasteiger partial charge on any atom is 0.136 e. The summed E-state index contributed by atoms with van der Waals surface area (Å²) in [6.45, 7) is 5.31. The predicted molar refractivity (Wildman–Crippen MR) is 85.1 cm³/mol. The number of rotatable bonds is 5. The molecule has 1 aromatic carbocycles. The van der Waals surface area contributed by atoms with E-state index in [-0.39, 0.29) is 0 Å². The Morgan fingerprint density at radius 2 is 1.95 bits per heavy atom. The Balaban J connectivity index is 1.99. The lowest BCUT2D eigenvalue weighted by Gasteiger charge is -2.24. The van der Waals surface area contributed by atoms with Gasteiger partial charge in [0.25, 0.3) is 0 Å². The average Bonchev–Trinajstić information content (AvgIpc) is 3.28. The van der Waals surface area contributed by atoms with Gasteiger partial charge in [-0.1, -0.05) is 24.3 Å². The zero-order valence-electron chi connectivity index (χ0n) is 12.6. The zero-order valence-corrected chi connectivity index (χ0v) is 12.6. The van der Waals surface area contributed by atoms with E-state index in [0.29, 0.717) is 6.04 Å². The van der Waals surface area contributed by atoms with Crippen LogP contribution in [0, 0.1) is 0 Å². The largest absolute Gasteiger partial charge is 0.357 e. The number of anilines is 1. The minimum Gasteiger partial charge on any atom is -0.357 e. The molecule has 1 aliphatic carbocycles. The van der Waals surface area contributed by atoms with Crippen molar-refractivity contribution in [1.29, 1.82) is 0 Å². The standard InChI is InChI=1S/C17H23N3/c1-12(2)20(3)17-16-7-5-4-6-15(16)13(11-19-17)10-18-14-8-9-14/h4-7,11-12,14,18H,8-10H2,1-3H3. The van der Waals surface area contributed by atoms with E-state index in [1.807, 2.05) is 6.20 Å². The highest BCUT2D eigenvalue weighted by atomic mass is 15.2. The number of aromatic nitrogens is 1. The number of fused-ring (bicyclic) bond motifs is 1. The molecule has 0 unspecified atom stereocenters. The summed E-state index contributed by atoms with van der Waals surface area (Å²) >= 11 is 0. The Kier molecular flexibility index (Phi) is 3.62. The minimum atomic E-state index is 0.446. The molecule has 3 nitrogen and oxygen atoms in total. The van der Waals surface area contributed by atoms with Gasteiger partial charge < -0.3 is 10.2 Å². The molecule has 2 aromatic rings. The lowest BCUT2D eigenvalue weighted by molar-refractivity contribution is 0.688. The molecule has 0 radical (unpaired) electrons. The number of nitrogens with zero attached hydrogens (tertiary/aromatic N) is 2. The first-order valence-corrected chi connectivity index (χ1v) is 7.49. The molecule has 0 atom stereocenters. The second-order valence-electron chi connectivity index (χ2n) is 6.01. The van der Waals surface area contributed by atoms with Gasteiger partial charge in [-0.15, -0.1) is 0 Å². The molecule has 0 bridgehead atoms. The van der Waals surface area contributed by atoms with Crippen molar-refractivity contribution >= 4 is 16.6 Å². The van der Waals surface area contributed by atoms with Crippen molar-refractivity contribution in [2.75, 3.05) is 11.9 Å². The first-order chi connectivity index (χ1) is 9.66. The second-order valence-corrected chi connectivity index (χ2v) is 6.01. The first-order valence-electron chi connectivity index (χ1n) is 7.49. The summed E-state index contributed by atoms with van der Waals surface area (Å²) < 4.78 is 0. The van der Waals surface area contributed by atoms with Crippen molar-refractivity contribution in [3.8, 4) is 0 Å². The van der Waals surface area contributed by atoms with E-state index in [1.54, 1.807) is 0 Å². The van der Waals surface area contributed by atoms with Crippen molar-refractivity contribution in [3.05, 3.63) is 36.0 Å². The van der Waals surface area contributed by atoms with Crippen LogP contribution >= 0.6 is 0 Å². The summed E-state index contributed by atoms with van der Waals surface area (Å²) in [7, 11) is 2.11. The molecular formula is C17H23N3. The van der Waals surface area contributed by atoms with Gasteiger partial charge in [-0.3, -0.25) is 0 Å². The number of nitrogens with one attached hydrogen (secondary N) is 1. The lowest BCUT2D eigenvalue weighted by atomic mass is 10.1. The summed E-state index contributed by atoms with van der Waals surface area (Å²) in [4.78, 5) is 6.95. The minimum absolute atomic E-state index is 0.446. The number of hydrogen-bond donors (Lipinski definition) is 1. The van der Waals surface area contributed by atoms with Crippen molar-refractivity contribution < 1.29 is 0 Å². The molecule has 1 N–H and O–H groups in total. The molecular weight excluding hydrogens is 246 g/mol. The SMILES string of the molecule is CC(C)N(C)c1ncc(CNC2CC2)c2ccccc12. The maximum atomic E-state index is 4.71. The van der Waals surface area contributed by atoms with E-state index in [2.05, 4.69) is 55.4 Å². The van der Waals surface area contributed by atoms with Crippen molar-refractivity contribution in [2.24, 2.45) is 0 Å². The Bertz CT molecular complexity index is 602. The van der Waals surface area contributed by atoms with Crippen LogP contribution < -0.4 is 10.2 Å². The van der Waals surface area contributed by atoms with Crippen LogP contribution in [-0.2, 0) is 6.54 Å². The fourth-order valence-electron chi connectivity index (χ4n) is 2.44. The number of pyridine rings is 1. The third-order valence-corrected chi connectivity index (χ3v) is 4.12. The third kappa shape index (κ3) is 2.63. The van der Waals surface area contributed by atoms with Crippen molar-refractivity contribution in [2.45, 2.75) is 45.3 Å². The molecule has 20 heavy (non-hydrogen) atoms. The van der Waals surface area contributed by atoms with Gasteiger partial charge in [-0.2, -0.15) is 0 Å². The second kappa shape index (κ2) is 5.41. The van der Waals surface area contributed by atoms with Gasteiger partial charge in [0, 0.05) is 37.3 Å². The normalized spacial score (nSPS) is 15.0. The van der Waals surface area contributed by atoms with Crippen LogP contribution in [0.3, 0.4) is 0 Å². The van der Waals surface area contributed by atoms with Gasteiger partial charge in [0.15, 0.2) is 0 Å². The van der Waals surface area contributed by atoms with Crippen molar-refractivity contribution in [1.82, 2.24) is 10.3 Å². The third-order valence-electron chi connectivity index (χ3n) is 4.12. The number of benzene rings is 1. The van der Waals surface area contributed by atoms with Gasteiger partial charge in [-0.25, -0.2) is 4.98 Å². The maximum absolute atomic E-state index is 4.71. The highest BCUT2D eigenvalue weighted by Crippen LogP contribution is 2.28. The van der Waals surface area contributed by atoms with E-state index in [4.69, 9.17) is 4.98 Å². The molecule has 0 saturated heterocycles. The fourth-order valence-corrected chi connectivity index (χ4v) is 2.44. The molecule has 0 spiro atoms. The monoisotopic (exact) mass is 269 g/mol. The van der Waals surface area contributed by atoms with Gasteiger partial charge in [-0.05, 0) is 37.6 Å². The van der Waals surface area contributed by atoms with Crippen molar-refractivity contribution in [3.63, 3.8) is 0 Å². The van der Waals surface area contributed by atoms with E-state index in [9.17, 15) is 0 Å². The smallest absolute Gasteiger partial charge is 0.136 e. The molecule has 0 aliphatic heterocycles. The van der Waals surface area contributed by atoms with Gasteiger partial charge in [0.1, 0.15) is 5.82 Å². The summed E-state index contributed by atoms with van der Waals surface area (Å²) in [5.74, 6) is 1.07. The summed E-state index contributed by atoms with van der Waals surface area (Å²) in [5, 5.41) is 6.15. The average molecular weight is 269 g/mol. The molecule has 106 valence electrons. The zero-order chi connectivity index (χ0) is 14.1. The molecule has 3 rings (SSSR count). The van der Waals surface area contributed by atoms with Crippen LogP contribution in [0.2, 0.25) is 0 Å². The Morgan fingerprint density at radius 1 is 1.25 bits per heavy atom. The lowest BCUT2D eigenvalue weighted by Crippen LogP contribution is -2.27. The topological polar surface area (TPSA) is 28.2 Å². The van der Waals surface area contributed by atoms with Gasteiger partial charge in [0.05, 0.1) is 0 Å². The molecule has 3 heteroatoms.